The fourth-order valence-corrected chi connectivity index (χ4v) is 3.91. The summed E-state index contributed by atoms with van der Waals surface area (Å²) in [5, 5.41) is 19.8. The summed E-state index contributed by atoms with van der Waals surface area (Å²) in [4.78, 5) is 15.0. The van der Waals surface area contributed by atoms with Crippen LogP contribution < -0.4 is 4.90 Å². The van der Waals surface area contributed by atoms with Crippen molar-refractivity contribution in [2.45, 2.75) is 25.2 Å². The smallest absolute Gasteiger partial charge is 0.240 e. The van der Waals surface area contributed by atoms with Crippen LogP contribution in [0.2, 0.25) is 0 Å². The first kappa shape index (κ1) is 18.0. The Morgan fingerprint density at radius 2 is 2.00 bits per heavy atom. The Kier molecular flexibility index (Phi) is 4.96. The molecule has 5 heteroatoms. The van der Waals surface area contributed by atoms with Crippen LogP contribution in [0.3, 0.4) is 0 Å². The third-order valence-corrected chi connectivity index (χ3v) is 5.14. The Labute approximate surface area is 150 Å². The number of anilines is 1. The molecule has 2 rings (SSSR count). The van der Waals surface area contributed by atoms with Crippen LogP contribution in [0.15, 0.2) is 48.0 Å². The molecular weight excluding hydrogens is 366 g/mol. The molecule has 1 unspecified atom stereocenters. The monoisotopic (exact) mass is 383 g/mol. The van der Waals surface area contributed by atoms with Crippen LogP contribution in [-0.4, -0.2) is 12.5 Å². The maximum Gasteiger partial charge on any atom is 0.240 e. The molecule has 1 heterocycles. The van der Waals surface area contributed by atoms with Gasteiger partial charge in [0.05, 0.1) is 12.1 Å². The zero-order valence-corrected chi connectivity index (χ0v) is 15.1. The van der Waals surface area contributed by atoms with Crippen molar-refractivity contribution in [1.82, 2.24) is 0 Å². The Bertz CT molecular complexity index is 773. The second kappa shape index (κ2) is 6.63. The predicted octanol–water partition coefficient (Wildman–Crippen LogP) is 4.24. The molecule has 1 aromatic rings. The van der Waals surface area contributed by atoms with Crippen molar-refractivity contribution in [2.24, 2.45) is 5.41 Å². The summed E-state index contributed by atoms with van der Waals surface area (Å²) in [5.74, 6) is -0.233. The van der Waals surface area contributed by atoms with Gasteiger partial charge in [0.2, 0.25) is 5.91 Å². The lowest BCUT2D eigenvalue weighted by Gasteiger charge is -2.37. The minimum absolute atomic E-state index is 0.100. The number of carbonyl (C=O) groups is 1. The number of benzene rings is 1. The number of halogens is 1. The van der Waals surface area contributed by atoms with E-state index in [2.05, 4.69) is 41.2 Å². The van der Waals surface area contributed by atoms with Gasteiger partial charge in [0.15, 0.2) is 5.41 Å². The van der Waals surface area contributed by atoms with Crippen LogP contribution in [0, 0.1) is 28.1 Å². The average molecular weight is 384 g/mol. The molecule has 1 aliphatic heterocycles. The van der Waals surface area contributed by atoms with Gasteiger partial charge in [-0.2, -0.15) is 10.5 Å². The summed E-state index contributed by atoms with van der Waals surface area (Å²) in [6.07, 6.45) is 3.44. The first-order valence-electron chi connectivity index (χ1n) is 7.64. The van der Waals surface area contributed by atoms with Crippen molar-refractivity contribution in [2.75, 3.05) is 11.4 Å². The number of nitriles is 2. The SMILES string of the molecule is C=CCC(C#N)(C#N)C1(CC=C)C(=O)N(CC)c2ccc(Br)cc21. The van der Waals surface area contributed by atoms with Gasteiger partial charge >= 0.3 is 0 Å². The number of hydrogen-bond acceptors (Lipinski definition) is 3. The lowest BCUT2D eigenvalue weighted by Crippen LogP contribution is -2.51. The van der Waals surface area contributed by atoms with Gasteiger partial charge in [-0.1, -0.05) is 28.1 Å². The molecule has 0 bridgehead atoms. The summed E-state index contributed by atoms with van der Waals surface area (Å²) < 4.78 is 0.795. The maximum absolute atomic E-state index is 13.4. The van der Waals surface area contributed by atoms with E-state index in [1.54, 1.807) is 11.0 Å². The van der Waals surface area contributed by atoms with Crippen molar-refractivity contribution in [3.05, 3.63) is 53.5 Å². The van der Waals surface area contributed by atoms with Crippen LogP contribution in [0.5, 0.6) is 0 Å². The molecule has 0 aliphatic carbocycles. The van der Waals surface area contributed by atoms with Gasteiger partial charge < -0.3 is 4.90 Å². The fourth-order valence-electron chi connectivity index (χ4n) is 3.55. The highest BCUT2D eigenvalue weighted by Crippen LogP contribution is 2.55. The topological polar surface area (TPSA) is 67.9 Å². The first-order chi connectivity index (χ1) is 11.5. The van der Waals surface area contributed by atoms with E-state index < -0.39 is 10.8 Å². The minimum Gasteiger partial charge on any atom is -0.312 e. The molecule has 0 saturated carbocycles. The maximum atomic E-state index is 13.4. The molecule has 0 saturated heterocycles. The average Bonchev–Trinajstić information content (AvgIpc) is 2.82. The molecule has 122 valence electrons. The Hall–Kier alpha value is -2.37. The Balaban J connectivity index is 2.93. The third kappa shape index (κ3) is 2.20. The van der Waals surface area contributed by atoms with Crippen molar-refractivity contribution in [1.29, 1.82) is 10.5 Å². The third-order valence-electron chi connectivity index (χ3n) is 4.65. The van der Waals surface area contributed by atoms with Gasteiger partial charge in [0.25, 0.3) is 0 Å². The van der Waals surface area contributed by atoms with Gasteiger partial charge in [-0.3, -0.25) is 4.79 Å². The van der Waals surface area contributed by atoms with E-state index in [0.717, 1.165) is 10.2 Å². The number of nitrogens with zero attached hydrogens (tertiary/aromatic N) is 3. The van der Waals surface area contributed by atoms with E-state index in [9.17, 15) is 15.3 Å². The van der Waals surface area contributed by atoms with E-state index >= 15 is 0 Å². The lowest BCUT2D eigenvalue weighted by atomic mass is 9.58. The van der Waals surface area contributed by atoms with Crippen molar-refractivity contribution < 1.29 is 4.79 Å². The van der Waals surface area contributed by atoms with E-state index in [4.69, 9.17) is 0 Å². The molecule has 0 fully saturated rings. The number of amides is 1. The molecule has 1 aliphatic rings. The molecule has 4 nitrogen and oxygen atoms in total. The lowest BCUT2D eigenvalue weighted by molar-refractivity contribution is -0.125. The van der Waals surface area contributed by atoms with Crippen molar-refractivity contribution in [3.8, 4) is 12.1 Å². The Morgan fingerprint density at radius 3 is 2.50 bits per heavy atom. The van der Waals surface area contributed by atoms with Crippen LogP contribution in [-0.2, 0) is 10.2 Å². The molecule has 0 aromatic heterocycles. The number of carbonyl (C=O) groups excluding carboxylic acids is 1. The summed E-state index contributed by atoms with van der Waals surface area (Å²) in [7, 11) is 0. The van der Waals surface area contributed by atoms with Crippen molar-refractivity contribution >= 4 is 27.5 Å². The van der Waals surface area contributed by atoms with Crippen LogP contribution in [0.25, 0.3) is 0 Å². The molecule has 1 amide bonds. The molecule has 0 N–H and O–H groups in total. The van der Waals surface area contributed by atoms with E-state index in [0.29, 0.717) is 12.1 Å². The van der Waals surface area contributed by atoms with Gasteiger partial charge in [-0.05, 0) is 43.5 Å². The Morgan fingerprint density at radius 1 is 1.33 bits per heavy atom. The molecule has 24 heavy (non-hydrogen) atoms. The first-order valence-corrected chi connectivity index (χ1v) is 8.43. The summed E-state index contributed by atoms with van der Waals surface area (Å²) in [5.41, 5.74) is -1.40. The normalized spacial score (nSPS) is 19.3. The number of fused-ring (bicyclic) bond motifs is 1. The predicted molar refractivity (Wildman–Crippen MR) is 97.1 cm³/mol. The van der Waals surface area contributed by atoms with Crippen LogP contribution in [0.1, 0.15) is 25.3 Å². The number of hydrogen-bond donors (Lipinski definition) is 0. The fraction of sp³-hybridized carbons (Fsp3) is 0.316. The zero-order valence-electron chi connectivity index (χ0n) is 13.6. The molecule has 1 atom stereocenters. The molecule has 0 radical (unpaired) electrons. The van der Waals surface area contributed by atoms with E-state index in [1.165, 1.54) is 6.08 Å². The quantitative estimate of drug-likeness (QED) is 0.689. The van der Waals surface area contributed by atoms with E-state index in [1.807, 2.05) is 25.1 Å². The summed E-state index contributed by atoms with van der Waals surface area (Å²) >= 11 is 3.44. The van der Waals surface area contributed by atoms with E-state index in [-0.39, 0.29) is 18.7 Å². The molecule has 1 aromatic carbocycles. The minimum atomic E-state index is -1.54. The standard InChI is InChI=1S/C19H18BrN3O/c1-4-9-18(12-21,13-22)19(10-5-2)15-11-14(20)7-8-16(15)23(6-3)17(19)24/h4-5,7-8,11H,1-2,6,9-10H2,3H3. The molecule has 0 spiro atoms. The summed E-state index contributed by atoms with van der Waals surface area (Å²) in [6.45, 7) is 9.79. The number of allylic oxidation sites excluding steroid dienone is 2. The second-order valence-electron chi connectivity index (χ2n) is 5.73. The van der Waals surface area contributed by atoms with Crippen LogP contribution >= 0.6 is 15.9 Å². The largest absolute Gasteiger partial charge is 0.312 e. The van der Waals surface area contributed by atoms with Crippen LogP contribution in [0.4, 0.5) is 5.69 Å². The zero-order chi connectivity index (χ0) is 18.0. The van der Waals surface area contributed by atoms with Crippen molar-refractivity contribution in [3.63, 3.8) is 0 Å². The van der Waals surface area contributed by atoms with Gasteiger partial charge in [-0.25, -0.2) is 0 Å². The highest BCUT2D eigenvalue weighted by atomic mass is 79.9. The van der Waals surface area contributed by atoms with Gasteiger partial charge in [0, 0.05) is 16.7 Å². The number of likely N-dealkylation sites (N-methyl/N-ethyl adjacent to an activating group) is 1. The number of rotatable bonds is 6. The highest BCUT2D eigenvalue weighted by molar-refractivity contribution is 9.10. The molecular formula is C19H18BrN3O. The highest BCUT2D eigenvalue weighted by Gasteiger charge is 2.63. The van der Waals surface area contributed by atoms with Gasteiger partial charge in [-0.15, -0.1) is 13.2 Å². The van der Waals surface area contributed by atoms with Gasteiger partial charge in [0.1, 0.15) is 5.41 Å². The second-order valence-corrected chi connectivity index (χ2v) is 6.65. The summed E-state index contributed by atoms with van der Waals surface area (Å²) in [6, 6.07) is 9.78.